The highest BCUT2D eigenvalue weighted by Crippen LogP contribution is 2.14. The zero-order valence-electron chi connectivity index (χ0n) is 15.6. The molecule has 0 fully saturated rings. The van der Waals surface area contributed by atoms with Gasteiger partial charge in [-0.05, 0) is 37.6 Å². The monoisotopic (exact) mass is 380 g/mol. The van der Waals surface area contributed by atoms with Crippen LogP contribution in [0.15, 0.2) is 57.7 Å². The van der Waals surface area contributed by atoms with E-state index in [2.05, 4.69) is 10.3 Å². The molecule has 0 bridgehead atoms. The van der Waals surface area contributed by atoms with Crippen molar-refractivity contribution in [2.24, 2.45) is 0 Å². The van der Waals surface area contributed by atoms with Gasteiger partial charge in [0.2, 0.25) is 0 Å². The minimum absolute atomic E-state index is 0.0676. The van der Waals surface area contributed by atoms with Gasteiger partial charge in [-0.2, -0.15) is 0 Å². The first-order valence-corrected chi connectivity index (χ1v) is 8.89. The number of anilines is 1. The van der Waals surface area contributed by atoms with Crippen molar-refractivity contribution in [1.29, 1.82) is 0 Å². The topological polar surface area (TPSA) is 98.5 Å². The van der Waals surface area contributed by atoms with Gasteiger partial charge in [-0.3, -0.25) is 9.59 Å². The van der Waals surface area contributed by atoms with E-state index in [0.717, 1.165) is 5.56 Å². The molecule has 0 saturated heterocycles. The van der Waals surface area contributed by atoms with E-state index in [9.17, 15) is 14.4 Å². The summed E-state index contributed by atoms with van der Waals surface area (Å²) in [6, 6.07) is 14.2. The van der Waals surface area contributed by atoms with Crippen molar-refractivity contribution < 1.29 is 18.7 Å². The molecule has 2 aromatic carbocycles. The Balaban J connectivity index is 1.56. The summed E-state index contributed by atoms with van der Waals surface area (Å²) in [7, 11) is 0. The number of hydrogen-bond acceptors (Lipinski definition) is 6. The largest absolute Gasteiger partial charge is 0.453 e. The van der Waals surface area contributed by atoms with Crippen molar-refractivity contribution in [1.82, 2.24) is 4.98 Å². The normalized spacial score (nSPS) is 11.8. The van der Waals surface area contributed by atoms with Gasteiger partial charge in [0.05, 0.1) is 6.42 Å². The summed E-state index contributed by atoms with van der Waals surface area (Å²) in [5.41, 5.74) is 2.05. The average molecular weight is 380 g/mol. The summed E-state index contributed by atoms with van der Waals surface area (Å²) >= 11 is 0. The molecular formula is C21H20N2O5. The second-order valence-corrected chi connectivity index (χ2v) is 6.35. The number of rotatable bonds is 6. The average Bonchev–Trinajstić information content (AvgIpc) is 2.68. The van der Waals surface area contributed by atoms with Crippen LogP contribution in [0.2, 0.25) is 0 Å². The fourth-order valence-corrected chi connectivity index (χ4v) is 2.62. The molecule has 1 N–H and O–H groups in total. The van der Waals surface area contributed by atoms with Crippen LogP contribution in [0.4, 0.5) is 5.69 Å². The zero-order valence-corrected chi connectivity index (χ0v) is 15.6. The maximum Gasteiger partial charge on any atom is 0.358 e. The minimum Gasteiger partial charge on any atom is -0.453 e. The lowest BCUT2D eigenvalue weighted by atomic mass is 10.2. The summed E-state index contributed by atoms with van der Waals surface area (Å²) in [6.07, 6.45) is -0.982. The highest BCUT2D eigenvalue weighted by molar-refractivity contribution is 5.95. The van der Waals surface area contributed by atoms with E-state index in [1.165, 1.54) is 6.92 Å². The fourth-order valence-electron chi connectivity index (χ4n) is 2.62. The number of hydrogen-bond donors (Lipinski definition) is 1. The number of fused-ring (bicyclic) bond motifs is 1. The molecule has 1 heterocycles. The molecule has 1 amide bonds. The van der Waals surface area contributed by atoms with Crippen LogP contribution in [0.25, 0.3) is 11.1 Å². The Bertz CT molecular complexity index is 1070. The van der Waals surface area contributed by atoms with Crippen molar-refractivity contribution in [3.05, 3.63) is 70.2 Å². The molecule has 3 aromatic rings. The quantitative estimate of drug-likeness (QED) is 0.660. The molecule has 0 radical (unpaired) electrons. The van der Waals surface area contributed by atoms with Crippen molar-refractivity contribution in [3.63, 3.8) is 0 Å². The van der Waals surface area contributed by atoms with Gasteiger partial charge < -0.3 is 14.5 Å². The van der Waals surface area contributed by atoms with Gasteiger partial charge in [-0.25, -0.2) is 9.78 Å². The molecule has 7 nitrogen and oxygen atoms in total. The summed E-state index contributed by atoms with van der Waals surface area (Å²) in [4.78, 5) is 40.5. The van der Waals surface area contributed by atoms with Gasteiger partial charge in [0, 0.05) is 12.1 Å². The predicted molar refractivity (Wildman–Crippen MR) is 104 cm³/mol. The summed E-state index contributed by atoms with van der Waals surface area (Å²) in [6.45, 7) is 3.36. The smallest absolute Gasteiger partial charge is 0.358 e. The van der Waals surface area contributed by atoms with Crippen LogP contribution in [-0.4, -0.2) is 23.0 Å². The lowest BCUT2D eigenvalue weighted by molar-refractivity contribution is -0.153. The number of carbonyl (C=O) groups is 2. The van der Waals surface area contributed by atoms with Crippen molar-refractivity contribution >= 4 is 28.7 Å². The van der Waals surface area contributed by atoms with Crippen molar-refractivity contribution in [2.75, 3.05) is 5.32 Å². The van der Waals surface area contributed by atoms with Crippen LogP contribution in [-0.2, 0) is 20.7 Å². The minimum atomic E-state index is -0.965. The standard InChI is InChI=1S/C21H20N2O5/c1-13-7-3-4-8-15(13)23-20(25)14(2)27-19(24)12-11-17-21(26)28-18-10-6-5-9-16(18)22-17/h3-10,14H,11-12H2,1-2H3,(H,23,25). The molecule has 0 aliphatic rings. The number of aryl methyl sites for hydroxylation is 2. The zero-order chi connectivity index (χ0) is 20.1. The molecule has 0 aliphatic heterocycles. The Morgan fingerprint density at radius 2 is 1.86 bits per heavy atom. The Hall–Kier alpha value is -3.48. The summed E-state index contributed by atoms with van der Waals surface area (Å²) in [5.74, 6) is -1.02. The molecule has 28 heavy (non-hydrogen) atoms. The van der Waals surface area contributed by atoms with Crippen LogP contribution in [0.3, 0.4) is 0 Å². The second kappa shape index (κ2) is 8.47. The maximum atomic E-state index is 12.2. The molecule has 1 unspecified atom stereocenters. The number of carbonyl (C=O) groups excluding carboxylic acids is 2. The number of amides is 1. The number of esters is 1. The number of nitrogens with one attached hydrogen (secondary N) is 1. The molecule has 1 aromatic heterocycles. The molecule has 1 atom stereocenters. The van der Waals surface area contributed by atoms with Gasteiger partial charge >= 0.3 is 11.6 Å². The van der Waals surface area contributed by atoms with E-state index in [4.69, 9.17) is 9.15 Å². The van der Waals surface area contributed by atoms with Crippen LogP contribution in [0.1, 0.15) is 24.6 Å². The Kier molecular flexibility index (Phi) is 5.84. The predicted octanol–water partition coefficient (Wildman–Crippen LogP) is 3.00. The molecule has 0 spiro atoms. The summed E-state index contributed by atoms with van der Waals surface area (Å²) in [5, 5.41) is 2.72. The van der Waals surface area contributed by atoms with Crippen LogP contribution < -0.4 is 10.9 Å². The fraction of sp³-hybridized carbons (Fsp3) is 0.238. The van der Waals surface area contributed by atoms with E-state index in [1.807, 2.05) is 19.1 Å². The molecule has 7 heteroatoms. The molecule has 144 valence electrons. The van der Waals surface area contributed by atoms with E-state index in [-0.39, 0.29) is 18.5 Å². The first-order chi connectivity index (χ1) is 13.4. The van der Waals surface area contributed by atoms with Gasteiger partial charge in [-0.15, -0.1) is 0 Å². The third-order valence-corrected chi connectivity index (χ3v) is 4.21. The van der Waals surface area contributed by atoms with Crippen LogP contribution in [0, 0.1) is 6.92 Å². The number of benzene rings is 2. The maximum absolute atomic E-state index is 12.2. The van der Waals surface area contributed by atoms with Gasteiger partial charge in [0.1, 0.15) is 11.2 Å². The molecule has 0 aliphatic carbocycles. The highest BCUT2D eigenvalue weighted by atomic mass is 16.5. The van der Waals surface area contributed by atoms with E-state index in [0.29, 0.717) is 16.8 Å². The molecule has 0 saturated carbocycles. The number of nitrogens with zero attached hydrogens (tertiary/aromatic N) is 1. The second-order valence-electron chi connectivity index (χ2n) is 6.35. The summed E-state index contributed by atoms with van der Waals surface area (Å²) < 4.78 is 10.3. The Morgan fingerprint density at radius 3 is 2.64 bits per heavy atom. The van der Waals surface area contributed by atoms with Crippen molar-refractivity contribution in [2.45, 2.75) is 32.8 Å². The van der Waals surface area contributed by atoms with E-state index in [1.54, 1.807) is 36.4 Å². The lowest BCUT2D eigenvalue weighted by Gasteiger charge is -2.14. The van der Waals surface area contributed by atoms with E-state index < -0.39 is 23.6 Å². The first-order valence-electron chi connectivity index (χ1n) is 8.89. The lowest BCUT2D eigenvalue weighted by Crippen LogP contribution is -2.30. The van der Waals surface area contributed by atoms with Crippen LogP contribution >= 0.6 is 0 Å². The molecule has 3 rings (SSSR count). The number of aromatic nitrogens is 1. The van der Waals surface area contributed by atoms with Gasteiger partial charge in [0.25, 0.3) is 5.91 Å². The van der Waals surface area contributed by atoms with Gasteiger partial charge in [0.15, 0.2) is 11.7 Å². The Labute approximate surface area is 161 Å². The van der Waals surface area contributed by atoms with Crippen molar-refractivity contribution in [3.8, 4) is 0 Å². The van der Waals surface area contributed by atoms with E-state index >= 15 is 0 Å². The first kappa shape index (κ1) is 19.3. The third-order valence-electron chi connectivity index (χ3n) is 4.21. The van der Waals surface area contributed by atoms with Crippen LogP contribution in [0.5, 0.6) is 0 Å². The van der Waals surface area contributed by atoms with Gasteiger partial charge in [-0.1, -0.05) is 30.3 Å². The Morgan fingerprint density at radius 1 is 1.14 bits per heavy atom. The number of para-hydroxylation sites is 3. The highest BCUT2D eigenvalue weighted by Gasteiger charge is 2.19. The SMILES string of the molecule is Cc1ccccc1NC(=O)C(C)OC(=O)CCc1nc2ccccc2oc1=O. The molecular weight excluding hydrogens is 360 g/mol. The third kappa shape index (κ3) is 4.62. The number of ether oxygens (including phenoxy) is 1.